The molecule has 0 heterocycles. The number of fused-ring (bicyclic) bond motifs is 2. The van der Waals surface area contributed by atoms with Gasteiger partial charge < -0.3 is 5.11 Å². The van der Waals surface area contributed by atoms with Gasteiger partial charge in [0, 0.05) is 0 Å². The molecule has 0 unspecified atom stereocenters. The maximum Gasteiger partial charge on any atom is 0.0835 e. The molecule has 0 aromatic carbocycles. The van der Waals surface area contributed by atoms with E-state index in [-0.39, 0.29) is 11.5 Å². The van der Waals surface area contributed by atoms with Crippen LogP contribution in [0.4, 0.5) is 0 Å². The maximum atomic E-state index is 9.45. The Bertz CT molecular complexity index is 196. The molecule has 10 heavy (non-hydrogen) atoms. The number of aliphatic hydroxyl groups excluding tert-OH is 1. The van der Waals surface area contributed by atoms with E-state index in [1.54, 1.807) is 0 Å². The molecular weight excluding hydrogens is 126 g/mol. The predicted octanol–water partition coefficient (Wildman–Crippen LogP) is 1.06. The quantitative estimate of drug-likeness (QED) is 0.542. The van der Waals surface area contributed by atoms with Gasteiger partial charge in [0.15, 0.2) is 0 Å². The fourth-order valence-electron chi connectivity index (χ4n) is 2.40. The molecule has 0 saturated heterocycles. The van der Waals surface area contributed by atoms with Crippen LogP contribution in [0, 0.1) is 22.7 Å². The minimum absolute atomic E-state index is 0.323. The lowest BCUT2D eigenvalue weighted by Crippen LogP contribution is -2.27. The summed E-state index contributed by atoms with van der Waals surface area (Å²) in [6.07, 6.45) is 3.58. The van der Waals surface area contributed by atoms with E-state index in [0.717, 1.165) is 25.7 Å². The molecule has 0 amide bonds. The zero-order chi connectivity index (χ0) is 7.19. The molecular formula is C8H11NO. The highest BCUT2D eigenvalue weighted by molar-refractivity contribution is 5.13. The van der Waals surface area contributed by atoms with Crippen LogP contribution in [0.2, 0.25) is 0 Å². The zero-order valence-corrected chi connectivity index (χ0v) is 5.88. The van der Waals surface area contributed by atoms with Crippen LogP contribution in [0.5, 0.6) is 0 Å². The Morgan fingerprint density at radius 1 is 1.60 bits per heavy atom. The molecule has 2 heteroatoms. The van der Waals surface area contributed by atoms with Gasteiger partial charge in [0.25, 0.3) is 0 Å². The minimum atomic E-state index is -0.329. The minimum Gasteiger partial charge on any atom is -0.391 e. The van der Waals surface area contributed by atoms with Gasteiger partial charge in [-0.15, -0.1) is 0 Å². The summed E-state index contributed by atoms with van der Waals surface area (Å²) in [5, 5.41) is 18.3. The van der Waals surface area contributed by atoms with Crippen molar-refractivity contribution >= 4 is 0 Å². The number of nitriles is 1. The third-order valence-corrected chi connectivity index (χ3v) is 3.07. The smallest absolute Gasteiger partial charge is 0.0835 e. The van der Waals surface area contributed by atoms with Crippen LogP contribution in [0.3, 0.4) is 0 Å². The van der Waals surface area contributed by atoms with Crippen molar-refractivity contribution in [3.05, 3.63) is 0 Å². The van der Waals surface area contributed by atoms with Crippen LogP contribution in [0.25, 0.3) is 0 Å². The van der Waals surface area contributed by atoms with Crippen molar-refractivity contribution in [3.8, 4) is 6.07 Å². The number of hydrogen-bond acceptors (Lipinski definition) is 2. The van der Waals surface area contributed by atoms with Crippen LogP contribution < -0.4 is 0 Å². The molecule has 54 valence electrons. The van der Waals surface area contributed by atoms with Crippen LogP contribution in [-0.2, 0) is 0 Å². The van der Waals surface area contributed by atoms with Crippen molar-refractivity contribution < 1.29 is 5.11 Å². The third-order valence-electron chi connectivity index (χ3n) is 3.07. The predicted molar refractivity (Wildman–Crippen MR) is 36.0 cm³/mol. The van der Waals surface area contributed by atoms with E-state index in [4.69, 9.17) is 5.26 Å². The van der Waals surface area contributed by atoms with Gasteiger partial charge in [0.2, 0.25) is 0 Å². The standard InChI is InChI=1S/C8H11NO/c9-5-8-2-1-6(4-8)3-7(8)10/h6-7,10H,1-4H2/t6-,7+,8+/m0/s1. The van der Waals surface area contributed by atoms with Gasteiger partial charge in [-0.25, -0.2) is 0 Å². The second kappa shape index (κ2) is 1.73. The Hall–Kier alpha value is -0.550. The van der Waals surface area contributed by atoms with Gasteiger partial charge in [-0.3, -0.25) is 0 Å². The Balaban J connectivity index is 2.29. The summed E-state index contributed by atoms with van der Waals surface area (Å²) < 4.78 is 0. The van der Waals surface area contributed by atoms with E-state index in [1.165, 1.54) is 0 Å². The van der Waals surface area contributed by atoms with Gasteiger partial charge >= 0.3 is 0 Å². The van der Waals surface area contributed by atoms with E-state index in [1.807, 2.05) is 0 Å². The SMILES string of the molecule is N#C[C@]12CC[C@@H](C[C@H]1O)C2. The number of nitrogens with zero attached hydrogens (tertiary/aromatic N) is 1. The number of hydrogen-bond donors (Lipinski definition) is 1. The Morgan fingerprint density at radius 2 is 2.40 bits per heavy atom. The molecule has 3 atom stereocenters. The molecule has 1 N–H and O–H groups in total. The average Bonchev–Trinajstić information content (AvgIpc) is 2.44. The van der Waals surface area contributed by atoms with Crippen LogP contribution in [0.1, 0.15) is 25.7 Å². The lowest BCUT2D eigenvalue weighted by molar-refractivity contribution is 0.0762. The first-order valence-corrected chi connectivity index (χ1v) is 3.86. The van der Waals surface area contributed by atoms with Crippen LogP contribution in [-0.4, -0.2) is 11.2 Å². The number of aliphatic hydroxyl groups is 1. The van der Waals surface area contributed by atoms with Crippen molar-refractivity contribution in [1.29, 1.82) is 5.26 Å². The van der Waals surface area contributed by atoms with Gasteiger partial charge in [0.1, 0.15) is 0 Å². The van der Waals surface area contributed by atoms with Gasteiger partial charge in [-0.05, 0) is 31.6 Å². The highest BCUT2D eigenvalue weighted by Crippen LogP contribution is 2.53. The first-order chi connectivity index (χ1) is 4.77. The first-order valence-electron chi connectivity index (χ1n) is 3.86. The molecule has 0 radical (unpaired) electrons. The first kappa shape index (κ1) is 6.18. The van der Waals surface area contributed by atoms with Crippen molar-refractivity contribution in [1.82, 2.24) is 0 Å². The normalized spacial score (nSPS) is 51.2. The van der Waals surface area contributed by atoms with E-state index in [9.17, 15) is 5.11 Å². The molecule has 2 saturated carbocycles. The topological polar surface area (TPSA) is 44.0 Å². The summed E-state index contributed by atoms with van der Waals surface area (Å²) in [7, 11) is 0. The van der Waals surface area contributed by atoms with Gasteiger partial charge in [-0.2, -0.15) is 5.26 Å². The summed E-state index contributed by atoms with van der Waals surface area (Å²) in [5.41, 5.74) is -0.329. The van der Waals surface area contributed by atoms with Crippen molar-refractivity contribution in [2.24, 2.45) is 11.3 Å². The highest BCUT2D eigenvalue weighted by atomic mass is 16.3. The molecule has 2 aliphatic rings. The highest BCUT2D eigenvalue weighted by Gasteiger charge is 2.51. The third kappa shape index (κ3) is 0.564. The van der Waals surface area contributed by atoms with E-state index < -0.39 is 0 Å². The van der Waals surface area contributed by atoms with Crippen molar-refractivity contribution in [3.63, 3.8) is 0 Å². The van der Waals surface area contributed by atoms with Gasteiger partial charge in [-0.1, -0.05) is 0 Å². The molecule has 2 nitrogen and oxygen atoms in total. The van der Waals surface area contributed by atoms with E-state index in [0.29, 0.717) is 5.92 Å². The fraction of sp³-hybridized carbons (Fsp3) is 0.875. The largest absolute Gasteiger partial charge is 0.391 e. The number of rotatable bonds is 0. The Kier molecular flexibility index (Phi) is 1.07. The van der Waals surface area contributed by atoms with Crippen molar-refractivity contribution in [2.45, 2.75) is 31.8 Å². The van der Waals surface area contributed by atoms with E-state index >= 15 is 0 Å². The molecule has 2 aliphatic carbocycles. The summed E-state index contributed by atoms with van der Waals surface area (Å²) in [6.45, 7) is 0. The monoisotopic (exact) mass is 137 g/mol. The average molecular weight is 137 g/mol. The summed E-state index contributed by atoms with van der Waals surface area (Å²) in [6, 6.07) is 2.27. The molecule has 0 aliphatic heterocycles. The van der Waals surface area contributed by atoms with Crippen LogP contribution in [0.15, 0.2) is 0 Å². The fourth-order valence-corrected chi connectivity index (χ4v) is 2.40. The second-order valence-electron chi connectivity index (χ2n) is 3.63. The lowest BCUT2D eigenvalue weighted by atomic mass is 9.83. The molecule has 2 bridgehead atoms. The molecule has 0 aromatic heterocycles. The summed E-state index contributed by atoms with van der Waals surface area (Å²) in [4.78, 5) is 0. The molecule has 0 spiro atoms. The Morgan fingerprint density at radius 3 is 2.70 bits per heavy atom. The second-order valence-corrected chi connectivity index (χ2v) is 3.63. The molecule has 2 rings (SSSR count). The summed E-state index contributed by atoms with van der Waals surface area (Å²) in [5.74, 6) is 0.648. The van der Waals surface area contributed by atoms with Gasteiger partial charge in [0.05, 0.1) is 17.6 Å². The molecule has 0 aromatic rings. The lowest BCUT2D eigenvalue weighted by Gasteiger charge is -2.23. The zero-order valence-electron chi connectivity index (χ0n) is 5.88. The van der Waals surface area contributed by atoms with E-state index in [2.05, 4.69) is 6.07 Å². The van der Waals surface area contributed by atoms with Crippen molar-refractivity contribution in [2.75, 3.05) is 0 Å². The molecule has 2 fully saturated rings. The van der Waals surface area contributed by atoms with Crippen LogP contribution >= 0.6 is 0 Å². The summed E-state index contributed by atoms with van der Waals surface area (Å²) >= 11 is 0. The maximum absolute atomic E-state index is 9.45. The Labute approximate surface area is 60.5 Å².